The van der Waals surface area contributed by atoms with Gasteiger partial charge >= 0.3 is 0 Å². The largest absolute Gasteiger partial charge is 0.379 e. The fraction of sp³-hybridized carbons (Fsp3) is 0.565. The van der Waals surface area contributed by atoms with Crippen molar-refractivity contribution in [3.05, 3.63) is 59.2 Å². The number of piperidine rings is 1. The first-order chi connectivity index (χ1) is 14.2. The zero-order valence-corrected chi connectivity index (χ0v) is 17.8. The van der Waals surface area contributed by atoms with Crippen molar-refractivity contribution in [1.29, 1.82) is 0 Å². The molecule has 0 amide bonds. The minimum atomic E-state index is 0.551. The number of nitrogens with zero attached hydrogens (tertiary/aromatic N) is 5. The van der Waals surface area contributed by atoms with E-state index >= 15 is 0 Å². The SMILES string of the molecule is Cc1cccnc1CN(Cc1ncccc1C)C1CCN(N2CCOCC2)CC1. The molecule has 6 heteroatoms. The van der Waals surface area contributed by atoms with Crippen molar-refractivity contribution in [2.75, 3.05) is 39.4 Å². The molecule has 2 saturated heterocycles. The maximum Gasteiger partial charge on any atom is 0.0608 e. The standard InChI is InChI=1S/C23H33N5O/c1-19-5-3-9-24-22(19)17-26(18-23-20(2)6-4-10-25-23)21-7-11-27(12-8-21)28-13-15-29-16-14-28/h3-6,9-10,21H,7-8,11-18H2,1-2H3. The van der Waals surface area contributed by atoms with Gasteiger partial charge in [-0.05, 0) is 49.9 Å². The molecule has 0 aromatic carbocycles. The second-order valence-electron chi connectivity index (χ2n) is 8.19. The summed E-state index contributed by atoms with van der Waals surface area (Å²) in [6.45, 7) is 12.1. The molecule has 0 N–H and O–H groups in total. The summed E-state index contributed by atoms with van der Waals surface area (Å²) in [4.78, 5) is 11.9. The molecule has 2 aromatic rings. The predicted molar refractivity (Wildman–Crippen MR) is 114 cm³/mol. The van der Waals surface area contributed by atoms with Crippen LogP contribution in [0.1, 0.15) is 35.4 Å². The van der Waals surface area contributed by atoms with Crippen LogP contribution in [0.4, 0.5) is 0 Å². The number of aryl methyl sites for hydroxylation is 2. The van der Waals surface area contributed by atoms with Gasteiger partial charge in [0.15, 0.2) is 0 Å². The molecule has 6 nitrogen and oxygen atoms in total. The summed E-state index contributed by atoms with van der Waals surface area (Å²) in [5.41, 5.74) is 4.88. The second-order valence-corrected chi connectivity index (χ2v) is 8.19. The summed E-state index contributed by atoms with van der Waals surface area (Å²) in [5, 5.41) is 5.02. The van der Waals surface area contributed by atoms with E-state index in [0.29, 0.717) is 6.04 Å². The van der Waals surface area contributed by atoms with Gasteiger partial charge in [-0.1, -0.05) is 12.1 Å². The van der Waals surface area contributed by atoms with Crippen molar-refractivity contribution >= 4 is 0 Å². The number of aromatic nitrogens is 2. The van der Waals surface area contributed by atoms with Gasteiger partial charge in [-0.15, -0.1) is 0 Å². The minimum Gasteiger partial charge on any atom is -0.379 e. The van der Waals surface area contributed by atoms with Crippen LogP contribution in [-0.2, 0) is 17.8 Å². The number of rotatable bonds is 6. The van der Waals surface area contributed by atoms with Crippen LogP contribution in [0.3, 0.4) is 0 Å². The van der Waals surface area contributed by atoms with Crippen LogP contribution >= 0.6 is 0 Å². The van der Waals surface area contributed by atoms with Crippen LogP contribution in [-0.4, -0.2) is 70.3 Å². The van der Waals surface area contributed by atoms with Crippen molar-refractivity contribution in [2.24, 2.45) is 0 Å². The molecule has 2 fully saturated rings. The first kappa shape index (κ1) is 20.4. The number of hydrazine groups is 1. The molecule has 0 bridgehead atoms. The topological polar surface area (TPSA) is 44.7 Å². The highest BCUT2D eigenvalue weighted by Crippen LogP contribution is 2.23. The summed E-state index contributed by atoms with van der Waals surface area (Å²) < 4.78 is 5.51. The van der Waals surface area contributed by atoms with E-state index in [1.165, 1.54) is 35.4 Å². The molecule has 4 rings (SSSR count). The Morgan fingerprint density at radius 1 is 0.862 bits per heavy atom. The Kier molecular flexibility index (Phi) is 6.87. The molecular formula is C23H33N5O. The Balaban J connectivity index is 1.46. The highest BCUT2D eigenvalue weighted by Gasteiger charge is 2.29. The third kappa shape index (κ3) is 5.20. The van der Waals surface area contributed by atoms with E-state index in [-0.39, 0.29) is 0 Å². The minimum absolute atomic E-state index is 0.551. The zero-order valence-electron chi connectivity index (χ0n) is 17.8. The highest BCUT2D eigenvalue weighted by molar-refractivity contribution is 5.20. The number of hydrogen-bond donors (Lipinski definition) is 0. The van der Waals surface area contributed by atoms with Gasteiger partial charge < -0.3 is 4.74 Å². The fourth-order valence-corrected chi connectivity index (χ4v) is 4.40. The Morgan fingerprint density at radius 2 is 1.38 bits per heavy atom. The molecule has 0 spiro atoms. The van der Waals surface area contributed by atoms with Crippen LogP contribution in [0.5, 0.6) is 0 Å². The second kappa shape index (κ2) is 9.76. The van der Waals surface area contributed by atoms with Crippen molar-refractivity contribution < 1.29 is 4.74 Å². The van der Waals surface area contributed by atoms with Crippen molar-refractivity contribution in [3.8, 4) is 0 Å². The zero-order chi connectivity index (χ0) is 20.1. The van der Waals surface area contributed by atoms with E-state index in [2.05, 4.69) is 50.9 Å². The van der Waals surface area contributed by atoms with Crippen LogP contribution < -0.4 is 0 Å². The van der Waals surface area contributed by atoms with Crippen molar-refractivity contribution in [1.82, 2.24) is 24.9 Å². The van der Waals surface area contributed by atoms with Gasteiger partial charge in [-0.2, -0.15) is 0 Å². The average Bonchev–Trinajstić information content (AvgIpc) is 2.77. The van der Waals surface area contributed by atoms with E-state index in [1.54, 1.807) is 0 Å². The molecule has 29 heavy (non-hydrogen) atoms. The van der Waals surface area contributed by atoms with E-state index in [1.807, 2.05) is 24.5 Å². The number of ether oxygens (including phenoxy) is 1. The Labute approximate surface area is 174 Å². The molecule has 0 unspecified atom stereocenters. The Bertz CT molecular complexity index is 737. The van der Waals surface area contributed by atoms with Crippen LogP contribution in [0.15, 0.2) is 36.7 Å². The first-order valence-electron chi connectivity index (χ1n) is 10.8. The summed E-state index contributed by atoms with van der Waals surface area (Å²) in [5.74, 6) is 0. The first-order valence-corrected chi connectivity index (χ1v) is 10.8. The molecular weight excluding hydrogens is 362 g/mol. The van der Waals surface area contributed by atoms with Crippen molar-refractivity contribution in [3.63, 3.8) is 0 Å². The third-order valence-electron chi connectivity index (χ3n) is 6.29. The maximum atomic E-state index is 5.51. The summed E-state index contributed by atoms with van der Waals surface area (Å²) >= 11 is 0. The predicted octanol–water partition coefficient (Wildman–Crippen LogP) is 2.81. The van der Waals surface area contributed by atoms with Crippen LogP contribution in [0.2, 0.25) is 0 Å². The van der Waals surface area contributed by atoms with Gasteiger partial charge in [-0.25, -0.2) is 10.0 Å². The molecule has 0 atom stereocenters. The van der Waals surface area contributed by atoms with E-state index in [4.69, 9.17) is 4.74 Å². The molecule has 2 aliphatic rings. The van der Waals surface area contributed by atoms with Gasteiger partial charge in [0, 0.05) is 57.7 Å². The number of pyridine rings is 2. The Morgan fingerprint density at radius 3 is 1.90 bits per heavy atom. The normalized spacial score (nSPS) is 19.7. The van der Waals surface area contributed by atoms with Gasteiger partial charge in [0.2, 0.25) is 0 Å². The van der Waals surface area contributed by atoms with Gasteiger partial charge in [0.25, 0.3) is 0 Å². The molecule has 2 aliphatic heterocycles. The maximum absolute atomic E-state index is 5.51. The molecule has 0 aliphatic carbocycles. The van der Waals surface area contributed by atoms with Gasteiger partial charge in [0.1, 0.15) is 0 Å². The fourth-order valence-electron chi connectivity index (χ4n) is 4.40. The van der Waals surface area contributed by atoms with Crippen LogP contribution in [0.25, 0.3) is 0 Å². The molecule has 156 valence electrons. The van der Waals surface area contributed by atoms with E-state index < -0.39 is 0 Å². The number of morpholine rings is 1. The van der Waals surface area contributed by atoms with E-state index in [9.17, 15) is 0 Å². The Hall–Kier alpha value is -1.86. The van der Waals surface area contributed by atoms with Gasteiger partial charge in [-0.3, -0.25) is 14.9 Å². The lowest BCUT2D eigenvalue weighted by molar-refractivity contribution is -0.107. The quantitative estimate of drug-likeness (QED) is 0.749. The lowest BCUT2D eigenvalue weighted by Gasteiger charge is -2.44. The van der Waals surface area contributed by atoms with Crippen molar-refractivity contribution in [2.45, 2.75) is 45.8 Å². The summed E-state index contributed by atoms with van der Waals surface area (Å²) in [6.07, 6.45) is 6.17. The highest BCUT2D eigenvalue weighted by atomic mass is 16.5. The average molecular weight is 396 g/mol. The molecule has 0 radical (unpaired) electrons. The molecule has 0 saturated carbocycles. The van der Waals surface area contributed by atoms with E-state index in [0.717, 1.165) is 52.5 Å². The summed E-state index contributed by atoms with van der Waals surface area (Å²) in [6, 6.07) is 8.91. The molecule has 2 aromatic heterocycles. The lowest BCUT2D eigenvalue weighted by atomic mass is 10.0. The monoisotopic (exact) mass is 395 g/mol. The summed E-state index contributed by atoms with van der Waals surface area (Å²) in [7, 11) is 0. The van der Waals surface area contributed by atoms with Gasteiger partial charge in [0.05, 0.1) is 24.6 Å². The molecule has 4 heterocycles. The van der Waals surface area contributed by atoms with Crippen LogP contribution in [0, 0.1) is 13.8 Å². The third-order valence-corrected chi connectivity index (χ3v) is 6.29. The number of hydrogen-bond acceptors (Lipinski definition) is 6. The smallest absolute Gasteiger partial charge is 0.0608 e. The lowest BCUT2D eigenvalue weighted by Crippen LogP contribution is -2.54.